The van der Waals surface area contributed by atoms with Gasteiger partial charge in [-0.1, -0.05) is 46.8 Å². The molecule has 1 spiro atoms. The normalized spacial score (nSPS) is 27.2. The number of esters is 1. The molecule has 3 aliphatic heterocycles. The van der Waals surface area contributed by atoms with E-state index in [2.05, 4.69) is 39.2 Å². The van der Waals surface area contributed by atoms with Gasteiger partial charge in [0.1, 0.15) is 17.7 Å². The molecule has 0 aromatic rings. The van der Waals surface area contributed by atoms with E-state index < -0.39 is 53.2 Å². The summed E-state index contributed by atoms with van der Waals surface area (Å²) in [5.74, 6) is -3.00. The van der Waals surface area contributed by atoms with Crippen molar-refractivity contribution >= 4 is 23.7 Å². The van der Waals surface area contributed by atoms with Crippen LogP contribution < -0.4 is 5.32 Å². The van der Waals surface area contributed by atoms with Gasteiger partial charge in [0.05, 0.1) is 37.1 Å². The van der Waals surface area contributed by atoms with Crippen LogP contribution >= 0.6 is 0 Å². The van der Waals surface area contributed by atoms with E-state index in [4.69, 9.17) is 9.47 Å². The van der Waals surface area contributed by atoms with Crippen molar-refractivity contribution in [3.05, 3.63) is 25.3 Å². The number of carbonyl (C=O) groups is 4. The summed E-state index contributed by atoms with van der Waals surface area (Å²) in [5, 5.41) is 13.4. The predicted molar refractivity (Wildman–Crippen MR) is 173 cm³/mol. The zero-order valence-electron chi connectivity index (χ0n) is 28.8. The molecule has 0 aliphatic carbocycles. The third-order valence-electron chi connectivity index (χ3n) is 9.34. The number of fused-ring (bicyclic) bond motifs is 1. The summed E-state index contributed by atoms with van der Waals surface area (Å²) in [5.41, 5.74) is -1.88. The molecule has 0 aromatic carbocycles. The second kappa shape index (κ2) is 14.4. The van der Waals surface area contributed by atoms with E-state index in [9.17, 15) is 24.3 Å². The lowest BCUT2D eigenvalue weighted by Gasteiger charge is -2.46. The van der Waals surface area contributed by atoms with Crippen LogP contribution in [0.25, 0.3) is 0 Å². The van der Waals surface area contributed by atoms with Gasteiger partial charge < -0.3 is 29.7 Å². The van der Waals surface area contributed by atoms with Crippen LogP contribution in [0.5, 0.6) is 0 Å². The highest BCUT2D eigenvalue weighted by atomic mass is 16.6. The highest BCUT2D eigenvalue weighted by Gasteiger charge is 2.76. The number of nitrogens with one attached hydrogen (secondary N) is 1. The summed E-state index contributed by atoms with van der Waals surface area (Å²) in [6, 6.07) is -1.62. The van der Waals surface area contributed by atoms with Gasteiger partial charge in [-0.3, -0.25) is 19.2 Å². The van der Waals surface area contributed by atoms with Gasteiger partial charge in [0.15, 0.2) is 0 Å². The molecule has 45 heavy (non-hydrogen) atoms. The van der Waals surface area contributed by atoms with Crippen molar-refractivity contribution in [3.63, 3.8) is 0 Å². The first kappa shape index (κ1) is 36.7. The van der Waals surface area contributed by atoms with E-state index in [-0.39, 0.29) is 48.8 Å². The molecule has 3 fully saturated rings. The number of rotatable bonds is 16. The number of likely N-dealkylation sites (tertiary alicyclic amines) is 1. The minimum absolute atomic E-state index is 0.0839. The van der Waals surface area contributed by atoms with Gasteiger partial charge in [-0.25, -0.2) is 0 Å². The maximum Gasteiger partial charge on any atom is 0.312 e. The van der Waals surface area contributed by atoms with E-state index in [1.807, 2.05) is 27.7 Å². The van der Waals surface area contributed by atoms with Crippen molar-refractivity contribution < 1.29 is 33.8 Å². The molecule has 3 rings (SSSR count). The monoisotopic (exact) mass is 631 g/mol. The molecule has 2 N–H and O–H groups in total. The molecule has 0 radical (unpaired) electrons. The zero-order valence-corrected chi connectivity index (χ0v) is 28.8. The average molecular weight is 632 g/mol. The lowest BCUT2D eigenvalue weighted by atomic mass is 9.70. The van der Waals surface area contributed by atoms with Crippen molar-refractivity contribution in [1.82, 2.24) is 15.1 Å². The molecule has 0 aromatic heterocycles. The van der Waals surface area contributed by atoms with Crippen LogP contribution in [-0.4, -0.2) is 93.7 Å². The Morgan fingerprint density at radius 1 is 1.18 bits per heavy atom. The molecule has 3 saturated heterocycles. The Hall–Kier alpha value is -2.72. The van der Waals surface area contributed by atoms with Crippen LogP contribution in [0.2, 0.25) is 0 Å². The number of carbonyl (C=O) groups excluding carboxylic acids is 4. The van der Waals surface area contributed by atoms with Gasteiger partial charge in [-0.15, -0.1) is 13.2 Å². The van der Waals surface area contributed by atoms with Gasteiger partial charge in [-0.2, -0.15) is 0 Å². The van der Waals surface area contributed by atoms with Gasteiger partial charge in [0.25, 0.3) is 0 Å². The molecule has 3 aliphatic rings. The Balaban J connectivity index is 1.99. The van der Waals surface area contributed by atoms with Crippen LogP contribution in [0.4, 0.5) is 0 Å². The molecular formula is C35H57N3O7. The molecule has 2 bridgehead atoms. The molecule has 3 amide bonds. The number of hydrogen-bond donors (Lipinski definition) is 2. The predicted octanol–water partition coefficient (Wildman–Crippen LogP) is 4.01. The van der Waals surface area contributed by atoms with Crippen LogP contribution in [0.1, 0.15) is 93.9 Å². The van der Waals surface area contributed by atoms with E-state index in [1.165, 1.54) is 0 Å². The first-order valence-corrected chi connectivity index (χ1v) is 16.5. The third-order valence-corrected chi connectivity index (χ3v) is 9.34. The van der Waals surface area contributed by atoms with Gasteiger partial charge in [-0.05, 0) is 64.2 Å². The Labute approximate surface area is 269 Å². The summed E-state index contributed by atoms with van der Waals surface area (Å²) in [6.45, 7) is 23.8. The highest BCUT2D eigenvalue weighted by Crippen LogP contribution is 2.59. The molecule has 7 atom stereocenters. The second-order valence-electron chi connectivity index (χ2n) is 15.4. The van der Waals surface area contributed by atoms with Crippen LogP contribution in [0.15, 0.2) is 25.3 Å². The molecular weight excluding hydrogens is 574 g/mol. The number of allylic oxidation sites excluding steroid dienone is 1. The maximum atomic E-state index is 14.9. The second-order valence-corrected chi connectivity index (χ2v) is 15.4. The Morgan fingerprint density at radius 2 is 1.84 bits per heavy atom. The first-order valence-electron chi connectivity index (χ1n) is 16.5. The van der Waals surface area contributed by atoms with Gasteiger partial charge in [0.2, 0.25) is 17.7 Å². The van der Waals surface area contributed by atoms with Crippen LogP contribution in [-0.2, 0) is 28.7 Å². The number of aliphatic hydroxyl groups excluding tert-OH is 1. The summed E-state index contributed by atoms with van der Waals surface area (Å²) < 4.78 is 12.4. The largest absolute Gasteiger partial charge is 0.460 e. The Bertz CT molecular complexity index is 1130. The quantitative estimate of drug-likeness (QED) is 0.195. The number of ether oxygens (including phenoxy) is 2. The number of amides is 3. The molecule has 10 heteroatoms. The van der Waals surface area contributed by atoms with Crippen LogP contribution in [0.3, 0.4) is 0 Å². The fraction of sp³-hybridized carbons (Fsp3) is 0.771. The molecule has 3 heterocycles. The number of hydrogen-bond acceptors (Lipinski definition) is 7. The zero-order chi connectivity index (χ0) is 33.9. The van der Waals surface area contributed by atoms with E-state index in [0.717, 1.165) is 0 Å². The van der Waals surface area contributed by atoms with Crippen molar-refractivity contribution in [1.29, 1.82) is 0 Å². The van der Waals surface area contributed by atoms with Crippen molar-refractivity contribution in [2.45, 2.75) is 129 Å². The van der Waals surface area contributed by atoms with Gasteiger partial charge >= 0.3 is 5.97 Å². The molecule has 254 valence electrons. The van der Waals surface area contributed by atoms with E-state index in [1.54, 1.807) is 28.9 Å². The third kappa shape index (κ3) is 7.81. The van der Waals surface area contributed by atoms with Crippen molar-refractivity contribution in [3.8, 4) is 0 Å². The lowest BCUT2D eigenvalue weighted by molar-refractivity contribution is -0.160. The average Bonchev–Trinajstić information content (AvgIpc) is 3.57. The standard InChI is InChI=1S/C35H57N3O7/c1-11-13-14-26(40)36-19-23(5)44-32(43)27-25-15-16-35(45-25)28(27)30(41)38(24(20-39)18-22(3)4)29(35)31(42)37(17-12-2)34(9,10)21-33(6,7)8/h11-12,22-25,27-29,39H,1-2,13-21H2,3-10H3,(H,36,40)/t23-,24-,25-,27+,28+,29-,35+/m1/s1. The minimum atomic E-state index is -1.22. The number of nitrogens with zero attached hydrogens (tertiary/aromatic N) is 2. The van der Waals surface area contributed by atoms with E-state index in [0.29, 0.717) is 38.5 Å². The Morgan fingerprint density at radius 3 is 2.40 bits per heavy atom. The maximum absolute atomic E-state index is 14.9. The summed E-state index contributed by atoms with van der Waals surface area (Å²) >= 11 is 0. The highest BCUT2D eigenvalue weighted by molar-refractivity contribution is 5.98. The topological polar surface area (TPSA) is 125 Å². The minimum Gasteiger partial charge on any atom is -0.460 e. The number of aliphatic hydroxyl groups is 1. The summed E-state index contributed by atoms with van der Waals surface area (Å²) in [7, 11) is 0. The summed E-state index contributed by atoms with van der Waals surface area (Å²) in [4.78, 5) is 58.5. The fourth-order valence-corrected chi connectivity index (χ4v) is 8.05. The summed E-state index contributed by atoms with van der Waals surface area (Å²) in [6.07, 6.45) is 5.16. The van der Waals surface area contributed by atoms with Crippen LogP contribution in [0, 0.1) is 23.2 Å². The Kier molecular flexibility index (Phi) is 11.7. The smallest absolute Gasteiger partial charge is 0.312 e. The molecule has 0 saturated carbocycles. The van der Waals surface area contributed by atoms with Gasteiger partial charge in [0, 0.05) is 18.5 Å². The molecule has 0 unspecified atom stereocenters. The fourth-order valence-electron chi connectivity index (χ4n) is 8.05. The van der Waals surface area contributed by atoms with E-state index >= 15 is 0 Å². The lowest BCUT2D eigenvalue weighted by Crippen LogP contribution is -2.62. The SMILES string of the molecule is C=CCCC(=O)NC[C@@H](C)OC(=O)[C@@H]1[C@H]2C(=O)N([C@@H](CO)CC(C)C)[C@H](C(=O)N(CC=C)C(C)(C)CC(C)(C)C)[C@]23CC[C@H]1O3. The van der Waals surface area contributed by atoms with Crippen molar-refractivity contribution in [2.24, 2.45) is 23.2 Å². The molecule has 10 nitrogen and oxygen atoms in total. The first-order chi connectivity index (χ1) is 20.9. The van der Waals surface area contributed by atoms with Crippen molar-refractivity contribution in [2.75, 3.05) is 19.7 Å².